The molecule has 1 saturated carbocycles. The van der Waals surface area contributed by atoms with Crippen LogP contribution >= 0.6 is 15.9 Å². The second kappa shape index (κ2) is 4.86. The van der Waals surface area contributed by atoms with Gasteiger partial charge in [-0.2, -0.15) is 5.10 Å². The van der Waals surface area contributed by atoms with E-state index < -0.39 is 0 Å². The fourth-order valence-corrected chi connectivity index (χ4v) is 2.38. The summed E-state index contributed by atoms with van der Waals surface area (Å²) in [7, 11) is 0. The van der Waals surface area contributed by atoms with Crippen LogP contribution in [0.1, 0.15) is 24.1 Å². The van der Waals surface area contributed by atoms with Gasteiger partial charge in [0.15, 0.2) is 0 Å². The second-order valence-electron chi connectivity index (χ2n) is 4.81. The van der Waals surface area contributed by atoms with E-state index >= 15 is 0 Å². The lowest BCUT2D eigenvalue weighted by atomic mass is 10.2. The van der Waals surface area contributed by atoms with Crippen molar-refractivity contribution in [1.29, 1.82) is 0 Å². The van der Waals surface area contributed by atoms with Gasteiger partial charge in [0.2, 0.25) is 0 Å². The van der Waals surface area contributed by atoms with E-state index in [1.165, 1.54) is 18.4 Å². The van der Waals surface area contributed by atoms with Gasteiger partial charge in [-0.15, -0.1) is 0 Å². The monoisotopic (exact) mass is 305 g/mol. The summed E-state index contributed by atoms with van der Waals surface area (Å²) in [6, 6.07) is 9.01. The minimum absolute atomic E-state index is 0.723. The third kappa shape index (κ3) is 2.49. The molecule has 1 N–H and O–H groups in total. The van der Waals surface area contributed by atoms with E-state index in [-0.39, 0.29) is 0 Å². The predicted molar refractivity (Wildman–Crippen MR) is 75.9 cm³/mol. The Hall–Kier alpha value is -1.13. The number of hydrogen-bond donors (Lipinski definition) is 1. The summed E-state index contributed by atoms with van der Waals surface area (Å²) in [6.07, 6.45) is 4.64. The van der Waals surface area contributed by atoms with Crippen LogP contribution < -0.4 is 5.32 Å². The fraction of sp³-hybridized carbons (Fsp3) is 0.357. The molecule has 0 amide bonds. The summed E-state index contributed by atoms with van der Waals surface area (Å²) in [5.74, 6) is 0. The van der Waals surface area contributed by atoms with Crippen molar-refractivity contribution >= 4 is 15.9 Å². The Kier molecular flexibility index (Phi) is 3.22. The molecular formula is C14H16BrN3. The van der Waals surface area contributed by atoms with Crippen molar-refractivity contribution in [3.63, 3.8) is 0 Å². The quantitative estimate of drug-likeness (QED) is 0.940. The van der Waals surface area contributed by atoms with Crippen molar-refractivity contribution in [2.24, 2.45) is 0 Å². The Labute approximate surface area is 115 Å². The molecular weight excluding hydrogens is 290 g/mol. The molecule has 0 bridgehead atoms. The topological polar surface area (TPSA) is 29.9 Å². The van der Waals surface area contributed by atoms with E-state index in [2.05, 4.69) is 57.5 Å². The van der Waals surface area contributed by atoms with Gasteiger partial charge in [-0.3, -0.25) is 0 Å². The SMILES string of the molecule is Cc1cccc(-n2ccc(CNC3CC3)n2)c1Br. The van der Waals surface area contributed by atoms with Crippen molar-refractivity contribution in [2.45, 2.75) is 32.4 Å². The molecule has 18 heavy (non-hydrogen) atoms. The van der Waals surface area contributed by atoms with Crippen LogP contribution in [0.4, 0.5) is 0 Å². The largest absolute Gasteiger partial charge is 0.308 e. The molecule has 0 spiro atoms. The number of benzene rings is 1. The van der Waals surface area contributed by atoms with Gasteiger partial charge in [-0.25, -0.2) is 4.68 Å². The van der Waals surface area contributed by atoms with E-state index in [9.17, 15) is 0 Å². The normalized spacial score (nSPS) is 15.0. The highest BCUT2D eigenvalue weighted by Crippen LogP contribution is 2.24. The van der Waals surface area contributed by atoms with Gasteiger partial charge in [0.1, 0.15) is 0 Å². The minimum Gasteiger partial charge on any atom is -0.308 e. The molecule has 2 aromatic rings. The van der Waals surface area contributed by atoms with Crippen molar-refractivity contribution in [1.82, 2.24) is 15.1 Å². The van der Waals surface area contributed by atoms with Crippen LogP contribution in [0.25, 0.3) is 5.69 Å². The lowest BCUT2D eigenvalue weighted by Crippen LogP contribution is -2.15. The molecule has 3 rings (SSSR count). The summed E-state index contributed by atoms with van der Waals surface area (Å²) < 4.78 is 3.04. The molecule has 0 unspecified atom stereocenters. The molecule has 1 heterocycles. The van der Waals surface area contributed by atoms with Gasteiger partial charge in [-0.1, -0.05) is 12.1 Å². The zero-order valence-corrected chi connectivity index (χ0v) is 11.9. The van der Waals surface area contributed by atoms with E-state index in [1.54, 1.807) is 0 Å². The first kappa shape index (κ1) is 11.9. The molecule has 0 saturated heterocycles. The smallest absolute Gasteiger partial charge is 0.0790 e. The maximum Gasteiger partial charge on any atom is 0.0790 e. The maximum absolute atomic E-state index is 4.61. The molecule has 0 aliphatic heterocycles. The number of aryl methyl sites for hydroxylation is 1. The third-order valence-electron chi connectivity index (χ3n) is 3.21. The molecule has 4 heteroatoms. The first-order valence-corrected chi connectivity index (χ1v) is 7.07. The first-order valence-electron chi connectivity index (χ1n) is 6.27. The molecule has 1 aliphatic carbocycles. The summed E-state index contributed by atoms with van der Waals surface area (Å²) in [4.78, 5) is 0. The highest BCUT2D eigenvalue weighted by molar-refractivity contribution is 9.10. The molecule has 3 nitrogen and oxygen atoms in total. The van der Waals surface area contributed by atoms with Crippen LogP contribution in [0.3, 0.4) is 0 Å². The summed E-state index contributed by atoms with van der Waals surface area (Å²) in [5.41, 5.74) is 3.41. The van der Waals surface area contributed by atoms with Crippen LogP contribution in [0, 0.1) is 6.92 Å². The van der Waals surface area contributed by atoms with Gasteiger partial charge < -0.3 is 5.32 Å². The van der Waals surface area contributed by atoms with E-state index in [4.69, 9.17) is 0 Å². The zero-order chi connectivity index (χ0) is 12.5. The number of halogens is 1. The predicted octanol–water partition coefficient (Wildman–Crippen LogP) is 3.20. The van der Waals surface area contributed by atoms with E-state index in [0.717, 1.165) is 28.4 Å². The van der Waals surface area contributed by atoms with Crippen LogP contribution in [0.5, 0.6) is 0 Å². The summed E-state index contributed by atoms with van der Waals surface area (Å²) in [5, 5.41) is 8.08. The Morgan fingerprint density at radius 3 is 3.00 bits per heavy atom. The molecule has 94 valence electrons. The number of nitrogens with zero attached hydrogens (tertiary/aromatic N) is 2. The van der Waals surface area contributed by atoms with Crippen LogP contribution in [-0.4, -0.2) is 15.8 Å². The average molecular weight is 306 g/mol. The van der Waals surface area contributed by atoms with Crippen LogP contribution in [-0.2, 0) is 6.54 Å². The molecule has 1 aromatic heterocycles. The van der Waals surface area contributed by atoms with Crippen LogP contribution in [0.2, 0.25) is 0 Å². The third-order valence-corrected chi connectivity index (χ3v) is 4.24. The molecule has 1 fully saturated rings. The van der Waals surface area contributed by atoms with Crippen LogP contribution in [0.15, 0.2) is 34.9 Å². The second-order valence-corrected chi connectivity index (χ2v) is 5.61. The lowest BCUT2D eigenvalue weighted by molar-refractivity contribution is 0.664. The molecule has 1 aromatic carbocycles. The average Bonchev–Trinajstić information content (AvgIpc) is 3.08. The number of hydrogen-bond acceptors (Lipinski definition) is 2. The number of nitrogens with one attached hydrogen (secondary N) is 1. The summed E-state index contributed by atoms with van der Waals surface area (Å²) >= 11 is 3.62. The Balaban J connectivity index is 1.80. The number of aromatic nitrogens is 2. The molecule has 0 atom stereocenters. The van der Waals surface area contributed by atoms with E-state index in [1.807, 2.05) is 10.9 Å². The van der Waals surface area contributed by atoms with Gasteiger partial charge >= 0.3 is 0 Å². The molecule has 0 radical (unpaired) electrons. The lowest BCUT2D eigenvalue weighted by Gasteiger charge is -2.06. The highest BCUT2D eigenvalue weighted by Gasteiger charge is 2.20. The van der Waals surface area contributed by atoms with Gasteiger partial charge in [0.25, 0.3) is 0 Å². The minimum atomic E-state index is 0.723. The van der Waals surface area contributed by atoms with Gasteiger partial charge in [-0.05, 0) is 53.4 Å². The van der Waals surface area contributed by atoms with Crippen molar-refractivity contribution < 1.29 is 0 Å². The van der Waals surface area contributed by atoms with E-state index in [0.29, 0.717) is 0 Å². The summed E-state index contributed by atoms with van der Waals surface area (Å²) in [6.45, 7) is 2.95. The Morgan fingerprint density at radius 2 is 2.22 bits per heavy atom. The Bertz CT molecular complexity index is 558. The van der Waals surface area contributed by atoms with Crippen molar-refractivity contribution in [3.05, 3.63) is 46.2 Å². The maximum atomic E-state index is 4.61. The van der Waals surface area contributed by atoms with Gasteiger partial charge in [0, 0.05) is 23.3 Å². The standard InChI is InChI=1S/C14H16BrN3/c1-10-3-2-4-13(14(10)15)18-8-7-12(17-18)9-16-11-5-6-11/h2-4,7-8,11,16H,5-6,9H2,1H3. The van der Waals surface area contributed by atoms with Crippen molar-refractivity contribution in [3.8, 4) is 5.69 Å². The highest BCUT2D eigenvalue weighted by atomic mass is 79.9. The fourth-order valence-electron chi connectivity index (χ4n) is 1.94. The zero-order valence-electron chi connectivity index (χ0n) is 10.4. The number of rotatable bonds is 4. The first-order chi connectivity index (χ1) is 8.74. The Morgan fingerprint density at radius 1 is 1.39 bits per heavy atom. The van der Waals surface area contributed by atoms with Gasteiger partial charge in [0.05, 0.1) is 11.4 Å². The molecule has 1 aliphatic rings. The van der Waals surface area contributed by atoms with Crippen molar-refractivity contribution in [2.75, 3.05) is 0 Å².